The molecule has 0 spiro atoms. The molecular weight excluding hydrogens is 142 g/mol. The van der Waals surface area contributed by atoms with Gasteiger partial charge in [0.1, 0.15) is 0 Å². The molecule has 11 heavy (non-hydrogen) atoms. The van der Waals surface area contributed by atoms with Gasteiger partial charge in [-0.15, -0.1) is 0 Å². The van der Waals surface area contributed by atoms with Crippen LogP contribution < -0.4 is 5.73 Å². The summed E-state index contributed by atoms with van der Waals surface area (Å²) in [5, 5.41) is 0. The van der Waals surface area contributed by atoms with Gasteiger partial charge < -0.3 is 10.5 Å². The molecule has 0 fully saturated rings. The Bertz CT molecular complexity index is 154. The Balaban J connectivity index is 3.66. The number of carbonyl (C=O) groups is 1. The van der Waals surface area contributed by atoms with Crippen LogP contribution in [0.25, 0.3) is 0 Å². The van der Waals surface area contributed by atoms with Gasteiger partial charge in [-0.2, -0.15) is 0 Å². The van der Waals surface area contributed by atoms with Crippen LogP contribution in [0.3, 0.4) is 0 Å². The highest BCUT2D eigenvalue weighted by molar-refractivity contribution is 5.70. The number of hydrogen-bond acceptors (Lipinski definition) is 3. The molecule has 2 N–H and O–H groups in total. The molecular formula is C8H15NO2. The molecule has 0 bridgehead atoms. The number of ether oxygens (including phenoxy) is 1. The normalized spacial score (nSPS) is 12.3. The van der Waals surface area contributed by atoms with E-state index in [0.717, 1.165) is 5.57 Å². The second-order valence-electron chi connectivity index (χ2n) is 2.46. The molecule has 0 aliphatic heterocycles. The number of rotatable bonds is 4. The number of esters is 1. The summed E-state index contributed by atoms with van der Waals surface area (Å²) in [6, 6.07) is -0.269. The van der Waals surface area contributed by atoms with E-state index in [2.05, 4.69) is 6.58 Å². The van der Waals surface area contributed by atoms with Crippen LogP contribution in [0.15, 0.2) is 12.2 Å². The Hall–Kier alpha value is -0.830. The molecule has 0 radical (unpaired) electrons. The quantitative estimate of drug-likeness (QED) is 0.486. The molecule has 0 aromatic rings. The standard InChI is InChI=1S/C8H15NO2/c1-4-11-8(10)5-7(9)6(2)3/h7H,2,4-5,9H2,1,3H3. The average Bonchev–Trinajstić information content (AvgIpc) is 1.87. The van der Waals surface area contributed by atoms with Crippen LogP contribution in [0.2, 0.25) is 0 Å². The lowest BCUT2D eigenvalue weighted by molar-refractivity contribution is -0.143. The molecule has 0 saturated carbocycles. The molecule has 1 atom stereocenters. The van der Waals surface area contributed by atoms with Gasteiger partial charge >= 0.3 is 5.97 Å². The summed E-state index contributed by atoms with van der Waals surface area (Å²) in [5.74, 6) is -0.261. The predicted molar refractivity (Wildman–Crippen MR) is 44.0 cm³/mol. The van der Waals surface area contributed by atoms with E-state index in [9.17, 15) is 4.79 Å². The van der Waals surface area contributed by atoms with E-state index in [4.69, 9.17) is 10.5 Å². The first kappa shape index (κ1) is 10.2. The molecule has 0 aromatic heterocycles. The smallest absolute Gasteiger partial charge is 0.307 e. The van der Waals surface area contributed by atoms with Crippen molar-refractivity contribution in [2.75, 3.05) is 6.61 Å². The topological polar surface area (TPSA) is 52.3 Å². The number of carbonyl (C=O) groups excluding carboxylic acids is 1. The summed E-state index contributed by atoms with van der Waals surface area (Å²) in [4.78, 5) is 10.8. The average molecular weight is 157 g/mol. The van der Waals surface area contributed by atoms with Crippen molar-refractivity contribution in [2.24, 2.45) is 5.73 Å². The zero-order chi connectivity index (χ0) is 8.85. The Kier molecular flexibility index (Phi) is 4.54. The van der Waals surface area contributed by atoms with Crippen molar-refractivity contribution in [3.05, 3.63) is 12.2 Å². The van der Waals surface area contributed by atoms with Crippen LogP contribution in [-0.4, -0.2) is 18.6 Å². The highest BCUT2D eigenvalue weighted by atomic mass is 16.5. The summed E-state index contributed by atoms with van der Waals surface area (Å²) in [6.07, 6.45) is 0.225. The van der Waals surface area contributed by atoms with Gasteiger partial charge in [-0.1, -0.05) is 12.2 Å². The van der Waals surface area contributed by atoms with Gasteiger partial charge in [0.05, 0.1) is 13.0 Å². The van der Waals surface area contributed by atoms with E-state index in [1.54, 1.807) is 13.8 Å². The Morgan fingerprint density at radius 3 is 2.64 bits per heavy atom. The fourth-order valence-electron chi connectivity index (χ4n) is 0.574. The largest absolute Gasteiger partial charge is 0.466 e. The fraction of sp³-hybridized carbons (Fsp3) is 0.625. The van der Waals surface area contributed by atoms with Crippen molar-refractivity contribution in [1.82, 2.24) is 0 Å². The van der Waals surface area contributed by atoms with E-state index in [-0.39, 0.29) is 18.4 Å². The minimum Gasteiger partial charge on any atom is -0.466 e. The lowest BCUT2D eigenvalue weighted by Gasteiger charge is -2.09. The molecule has 0 amide bonds. The Labute approximate surface area is 67.2 Å². The van der Waals surface area contributed by atoms with E-state index in [1.807, 2.05) is 0 Å². The van der Waals surface area contributed by atoms with Crippen molar-refractivity contribution >= 4 is 5.97 Å². The van der Waals surface area contributed by atoms with Crippen molar-refractivity contribution < 1.29 is 9.53 Å². The molecule has 0 heterocycles. The van der Waals surface area contributed by atoms with E-state index >= 15 is 0 Å². The maximum atomic E-state index is 10.8. The van der Waals surface area contributed by atoms with Gasteiger partial charge in [0.15, 0.2) is 0 Å². The van der Waals surface area contributed by atoms with Gasteiger partial charge in [0.25, 0.3) is 0 Å². The second kappa shape index (κ2) is 4.91. The first-order chi connectivity index (χ1) is 5.07. The highest BCUT2D eigenvalue weighted by Gasteiger charge is 2.09. The molecule has 64 valence electrons. The van der Waals surface area contributed by atoms with Crippen LogP contribution in [0, 0.1) is 0 Å². The van der Waals surface area contributed by atoms with Crippen LogP contribution >= 0.6 is 0 Å². The lowest BCUT2D eigenvalue weighted by atomic mass is 10.1. The first-order valence-corrected chi connectivity index (χ1v) is 3.64. The third-order valence-corrected chi connectivity index (χ3v) is 1.32. The zero-order valence-electron chi connectivity index (χ0n) is 7.09. The molecule has 0 saturated heterocycles. The van der Waals surface area contributed by atoms with Crippen LogP contribution in [0.4, 0.5) is 0 Å². The van der Waals surface area contributed by atoms with Crippen molar-refractivity contribution in [2.45, 2.75) is 26.3 Å². The number of nitrogens with two attached hydrogens (primary N) is 1. The molecule has 0 aliphatic rings. The summed E-state index contributed by atoms with van der Waals surface area (Å²) >= 11 is 0. The van der Waals surface area contributed by atoms with Gasteiger partial charge in [0, 0.05) is 6.04 Å². The monoisotopic (exact) mass is 157 g/mol. The Morgan fingerprint density at radius 1 is 1.73 bits per heavy atom. The van der Waals surface area contributed by atoms with Gasteiger partial charge in [-0.3, -0.25) is 4.79 Å². The third kappa shape index (κ3) is 4.56. The highest BCUT2D eigenvalue weighted by Crippen LogP contribution is 2.00. The van der Waals surface area contributed by atoms with Crippen molar-refractivity contribution in [3.63, 3.8) is 0 Å². The SMILES string of the molecule is C=C(C)C(N)CC(=O)OCC. The van der Waals surface area contributed by atoms with Crippen LogP contribution in [0.5, 0.6) is 0 Å². The summed E-state index contributed by atoms with van der Waals surface area (Å²) in [6.45, 7) is 7.60. The second-order valence-corrected chi connectivity index (χ2v) is 2.46. The number of hydrogen-bond donors (Lipinski definition) is 1. The molecule has 0 aliphatic carbocycles. The molecule has 0 aromatic carbocycles. The van der Waals surface area contributed by atoms with Gasteiger partial charge in [-0.05, 0) is 13.8 Å². The molecule has 3 heteroatoms. The molecule has 3 nitrogen and oxygen atoms in total. The van der Waals surface area contributed by atoms with E-state index in [0.29, 0.717) is 6.61 Å². The summed E-state index contributed by atoms with van der Waals surface area (Å²) in [5.41, 5.74) is 6.35. The van der Waals surface area contributed by atoms with Gasteiger partial charge in [-0.25, -0.2) is 0 Å². The van der Waals surface area contributed by atoms with E-state index in [1.165, 1.54) is 0 Å². The van der Waals surface area contributed by atoms with Crippen molar-refractivity contribution in [1.29, 1.82) is 0 Å². The minimum absolute atomic E-state index is 0.225. The third-order valence-electron chi connectivity index (χ3n) is 1.32. The Morgan fingerprint density at radius 2 is 2.27 bits per heavy atom. The first-order valence-electron chi connectivity index (χ1n) is 3.64. The summed E-state index contributed by atoms with van der Waals surface area (Å²) in [7, 11) is 0. The fourth-order valence-corrected chi connectivity index (χ4v) is 0.574. The van der Waals surface area contributed by atoms with Crippen LogP contribution in [-0.2, 0) is 9.53 Å². The molecule has 0 rings (SSSR count). The van der Waals surface area contributed by atoms with Crippen LogP contribution in [0.1, 0.15) is 20.3 Å². The lowest BCUT2D eigenvalue weighted by Crippen LogP contribution is -2.25. The maximum Gasteiger partial charge on any atom is 0.307 e. The minimum atomic E-state index is -0.269. The predicted octanol–water partition coefficient (Wildman–Crippen LogP) is 0.843. The van der Waals surface area contributed by atoms with Crippen molar-refractivity contribution in [3.8, 4) is 0 Å². The molecule has 1 unspecified atom stereocenters. The summed E-state index contributed by atoms with van der Waals surface area (Å²) < 4.78 is 4.70. The zero-order valence-corrected chi connectivity index (χ0v) is 7.09. The van der Waals surface area contributed by atoms with E-state index < -0.39 is 0 Å². The van der Waals surface area contributed by atoms with Gasteiger partial charge in [0.2, 0.25) is 0 Å². The maximum absolute atomic E-state index is 10.8.